The number of anilines is 1. The molecular weight excluding hydrogens is 357 g/mol. The summed E-state index contributed by atoms with van der Waals surface area (Å²) >= 11 is 3.16. The predicted molar refractivity (Wildman–Crippen MR) is 85.6 cm³/mol. The third-order valence-electron chi connectivity index (χ3n) is 2.74. The highest BCUT2D eigenvalue weighted by Gasteiger charge is 2.21. The maximum Gasteiger partial charge on any atom is 0.412 e. The van der Waals surface area contributed by atoms with Crippen molar-refractivity contribution >= 4 is 27.7 Å². The third kappa shape index (κ3) is 5.90. The van der Waals surface area contributed by atoms with Gasteiger partial charge in [0.15, 0.2) is 0 Å². The molecule has 5 nitrogen and oxygen atoms in total. The summed E-state index contributed by atoms with van der Waals surface area (Å²) in [4.78, 5) is 11.6. The van der Waals surface area contributed by atoms with Crippen LogP contribution in [0.25, 0.3) is 0 Å². The molecule has 2 unspecified atom stereocenters. The second-order valence-electron chi connectivity index (χ2n) is 5.86. The summed E-state index contributed by atoms with van der Waals surface area (Å²) in [6.45, 7) is 5.11. The summed E-state index contributed by atoms with van der Waals surface area (Å²) in [6, 6.07) is 3.84. The van der Waals surface area contributed by atoms with Crippen LogP contribution < -0.4 is 5.32 Å². The highest BCUT2D eigenvalue weighted by Crippen LogP contribution is 2.24. The van der Waals surface area contributed by atoms with Crippen molar-refractivity contribution in [3.63, 3.8) is 0 Å². The van der Waals surface area contributed by atoms with Gasteiger partial charge in [0.2, 0.25) is 0 Å². The predicted octanol–water partition coefficient (Wildman–Crippen LogP) is 3.35. The van der Waals surface area contributed by atoms with Gasteiger partial charge in [-0.3, -0.25) is 5.32 Å². The zero-order chi connectivity index (χ0) is 16.9. The van der Waals surface area contributed by atoms with Crippen LogP contribution in [0.5, 0.6) is 0 Å². The summed E-state index contributed by atoms with van der Waals surface area (Å²) in [6.07, 6.45) is -2.62. The van der Waals surface area contributed by atoms with Crippen molar-refractivity contribution in [2.24, 2.45) is 0 Å². The molecule has 1 aromatic rings. The Labute approximate surface area is 137 Å². The van der Waals surface area contributed by atoms with E-state index in [4.69, 9.17) is 4.74 Å². The van der Waals surface area contributed by atoms with Crippen molar-refractivity contribution < 1.29 is 24.1 Å². The van der Waals surface area contributed by atoms with Crippen molar-refractivity contribution in [2.75, 3.05) is 10.6 Å². The fourth-order valence-corrected chi connectivity index (χ4v) is 2.19. The first-order chi connectivity index (χ1) is 10.1. The molecule has 0 aliphatic carbocycles. The number of aliphatic hydroxyl groups is 2. The molecule has 124 valence electrons. The SMILES string of the molecule is CC(C)(C)OC(=O)Nc1ccc(C(O)C(O)CCBr)cc1F. The molecule has 0 saturated carbocycles. The minimum atomic E-state index is -1.19. The lowest BCUT2D eigenvalue weighted by atomic mass is 10.0. The molecule has 1 amide bonds. The van der Waals surface area contributed by atoms with Crippen molar-refractivity contribution in [3.8, 4) is 0 Å². The lowest BCUT2D eigenvalue weighted by molar-refractivity contribution is 0.0172. The van der Waals surface area contributed by atoms with Crippen molar-refractivity contribution in [1.29, 1.82) is 0 Å². The number of alkyl halides is 1. The lowest BCUT2D eigenvalue weighted by Crippen LogP contribution is -2.27. The van der Waals surface area contributed by atoms with Gasteiger partial charge in [-0.2, -0.15) is 0 Å². The van der Waals surface area contributed by atoms with Gasteiger partial charge in [0.25, 0.3) is 0 Å². The molecule has 0 radical (unpaired) electrons. The molecule has 22 heavy (non-hydrogen) atoms. The fourth-order valence-electron chi connectivity index (χ4n) is 1.72. The zero-order valence-corrected chi connectivity index (χ0v) is 14.4. The number of carbonyl (C=O) groups excluding carboxylic acids is 1. The Hall–Kier alpha value is -1.18. The van der Waals surface area contributed by atoms with E-state index in [1.165, 1.54) is 12.1 Å². The van der Waals surface area contributed by atoms with Gasteiger partial charge < -0.3 is 14.9 Å². The van der Waals surface area contributed by atoms with E-state index in [0.717, 1.165) is 6.07 Å². The number of hydrogen-bond donors (Lipinski definition) is 3. The Bertz CT molecular complexity index is 519. The van der Waals surface area contributed by atoms with Crippen LogP contribution in [0.15, 0.2) is 18.2 Å². The number of amides is 1. The first-order valence-corrected chi connectivity index (χ1v) is 7.97. The number of benzene rings is 1. The summed E-state index contributed by atoms with van der Waals surface area (Å²) in [5.74, 6) is -0.714. The van der Waals surface area contributed by atoms with Crippen molar-refractivity contribution in [2.45, 2.75) is 45.0 Å². The number of hydrogen-bond acceptors (Lipinski definition) is 4. The molecule has 0 heterocycles. The summed E-state index contributed by atoms with van der Waals surface area (Å²) in [7, 11) is 0. The monoisotopic (exact) mass is 377 g/mol. The Balaban J connectivity index is 2.79. The van der Waals surface area contributed by atoms with Gasteiger partial charge in [-0.15, -0.1) is 0 Å². The largest absolute Gasteiger partial charge is 0.444 e. The first kappa shape index (κ1) is 18.9. The highest BCUT2D eigenvalue weighted by molar-refractivity contribution is 9.09. The van der Waals surface area contributed by atoms with E-state index in [0.29, 0.717) is 11.8 Å². The van der Waals surface area contributed by atoms with Gasteiger partial charge >= 0.3 is 6.09 Å². The number of nitrogens with one attached hydrogen (secondary N) is 1. The maximum absolute atomic E-state index is 14.0. The van der Waals surface area contributed by atoms with Gasteiger partial charge in [-0.25, -0.2) is 9.18 Å². The second-order valence-corrected chi connectivity index (χ2v) is 6.65. The van der Waals surface area contributed by atoms with E-state index in [1.807, 2.05) is 0 Å². The molecule has 1 aromatic carbocycles. The average molecular weight is 378 g/mol. The number of ether oxygens (including phenoxy) is 1. The van der Waals surface area contributed by atoms with Crippen LogP contribution in [0.3, 0.4) is 0 Å². The molecular formula is C15H21BrFNO4. The quantitative estimate of drug-likeness (QED) is 0.687. The van der Waals surface area contributed by atoms with Crippen LogP contribution in [0.2, 0.25) is 0 Å². The van der Waals surface area contributed by atoms with Crippen LogP contribution in [-0.2, 0) is 4.74 Å². The zero-order valence-electron chi connectivity index (χ0n) is 12.8. The molecule has 7 heteroatoms. The summed E-state index contributed by atoms with van der Waals surface area (Å²) in [5, 5.41) is 22.5. The van der Waals surface area contributed by atoms with E-state index >= 15 is 0 Å². The number of rotatable bonds is 5. The molecule has 0 aliphatic heterocycles. The molecule has 0 spiro atoms. The molecule has 0 aromatic heterocycles. The average Bonchev–Trinajstić information content (AvgIpc) is 2.38. The maximum atomic E-state index is 14.0. The minimum Gasteiger partial charge on any atom is -0.444 e. The Morgan fingerprint density at radius 3 is 2.55 bits per heavy atom. The van der Waals surface area contributed by atoms with Crippen molar-refractivity contribution in [3.05, 3.63) is 29.6 Å². The fraction of sp³-hybridized carbons (Fsp3) is 0.533. The summed E-state index contributed by atoms with van der Waals surface area (Å²) < 4.78 is 19.0. The molecule has 1 rings (SSSR count). The van der Waals surface area contributed by atoms with Gasteiger partial charge in [-0.1, -0.05) is 22.0 Å². The minimum absolute atomic E-state index is 0.0554. The number of carbonyl (C=O) groups is 1. The van der Waals surface area contributed by atoms with E-state index in [2.05, 4.69) is 21.2 Å². The summed E-state index contributed by atoms with van der Waals surface area (Å²) in [5.41, 5.74) is -0.503. The standard InChI is InChI=1S/C15H21BrFNO4/c1-15(2,3)22-14(21)18-11-5-4-9(8-10(11)17)13(20)12(19)6-7-16/h4-5,8,12-13,19-20H,6-7H2,1-3H3,(H,18,21). The normalized spacial score (nSPS) is 14.3. The molecule has 3 N–H and O–H groups in total. The first-order valence-electron chi connectivity index (χ1n) is 6.85. The van der Waals surface area contributed by atoms with E-state index in [-0.39, 0.29) is 11.3 Å². The number of halogens is 2. The van der Waals surface area contributed by atoms with E-state index < -0.39 is 29.7 Å². The van der Waals surface area contributed by atoms with Crippen LogP contribution in [0, 0.1) is 5.82 Å². The molecule has 0 saturated heterocycles. The second kappa shape index (κ2) is 7.89. The Morgan fingerprint density at radius 1 is 1.41 bits per heavy atom. The van der Waals surface area contributed by atoms with Crippen LogP contribution in [0.1, 0.15) is 38.9 Å². The van der Waals surface area contributed by atoms with Gasteiger partial charge in [0.05, 0.1) is 11.8 Å². The third-order valence-corrected chi connectivity index (χ3v) is 3.20. The smallest absolute Gasteiger partial charge is 0.412 e. The number of aliphatic hydroxyl groups excluding tert-OH is 2. The van der Waals surface area contributed by atoms with Crippen molar-refractivity contribution in [1.82, 2.24) is 0 Å². The van der Waals surface area contributed by atoms with E-state index in [9.17, 15) is 19.4 Å². The topological polar surface area (TPSA) is 78.8 Å². The molecule has 0 aliphatic rings. The Morgan fingerprint density at radius 2 is 2.05 bits per heavy atom. The van der Waals surface area contributed by atoms with Gasteiger partial charge in [0.1, 0.15) is 17.5 Å². The lowest BCUT2D eigenvalue weighted by Gasteiger charge is -2.20. The highest BCUT2D eigenvalue weighted by atomic mass is 79.9. The molecule has 0 fully saturated rings. The van der Waals surface area contributed by atoms with Crippen LogP contribution >= 0.6 is 15.9 Å². The Kier molecular flexibility index (Phi) is 6.77. The molecule has 2 atom stereocenters. The van der Waals surface area contributed by atoms with Crippen LogP contribution in [0.4, 0.5) is 14.9 Å². The molecule has 0 bridgehead atoms. The van der Waals surface area contributed by atoms with Crippen LogP contribution in [-0.4, -0.2) is 33.3 Å². The van der Waals surface area contributed by atoms with E-state index in [1.54, 1.807) is 20.8 Å². The van der Waals surface area contributed by atoms with Gasteiger partial charge in [0, 0.05) is 5.33 Å². The van der Waals surface area contributed by atoms with Gasteiger partial charge in [-0.05, 0) is 44.9 Å².